The van der Waals surface area contributed by atoms with Gasteiger partial charge in [-0.05, 0) is 43.3 Å². The molecule has 0 radical (unpaired) electrons. The number of amides is 1. The highest BCUT2D eigenvalue weighted by Crippen LogP contribution is 2.38. The van der Waals surface area contributed by atoms with Crippen LogP contribution in [0.15, 0.2) is 70.7 Å². The molecule has 3 aromatic carbocycles. The average Bonchev–Trinajstić information content (AvgIpc) is 2.96. The van der Waals surface area contributed by atoms with Gasteiger partial charge in [-0.25, -0.2) is 13.8 Å². The molecule has 0 aromatic heterocycles. The van der Waals surface area contributed by atoms with Gasteiger partial charge in [0.1, 0.15) is 6.54 Å². The van der Waals surface area contributed by atoms with Gasteiger partial charge in [-0.1, -0.05) is 29.3 Å². The fourth-order valence-corrected chi connectivity index (χ4v) is 5.87. The van der Waals surface area contributed by atoms with E-state index in [2.05, 4.69) is 10.5 Å². The van der Waals surface area contributed by atoms with Crippen molar-refractivity contribution in [3.63, 3.8) is 0 Å². The molecule has 11 nitrogen and oxygen atoms in total. The van der Waals surface area contributed by atoms with Crippen molar-refractivity contribution in [1.82, 2.24) is 5.43 Å². The van der Waals surface area contributed by atoms with Gasteiger partial charge in [0.05, 0.1) is 45.5 Å². The van der Waals surface area contributed by atoms with Gasteiger partial charge >= 0.3 is 6.18 Å². The van der Waals surface area contributed by atoms with Crippen LogP contribution in [0.4, 0.5) is 30.2 Å². The van der Waals surface area contributed by atoms with Gasteiger partial charge in [0.25, 0.3) is 21.6 Å². The molecule has 0 spiro atoms. The molecular formula is C27H25ClF3N5O6S. The van der Waals surface area contributed by atoms with Crippen LogP contribution in [0, 0.1) is 17.0 Å². The Morgan fingerprint density at radius 2 is 1.81 bits per heavy atom. The van der Waals surface area contributed by atoms with Gasteiger partial charge in [0.15, 0.2) is 0 Å². The van der Waals surface area contributed by atoms with Crippen LogP contribution in [0.5, 0.6) is 0 Å². The van der Waals surface area contributed by atoms with Crippen molar-refractivity contribution in [1.29, 1.82) is 0 Å². The number of alkyl halides is 3. The molecule has 1 heterocycles. The standard InChI is InChI=1S/C27H25ClF3N5O6S/c1-18-2-6-22(7-3-18)43(40,41)35(20-4-8-24(28)23(15-20)27(29,30)31)17-26(37)33-32-16-19-14-21(36(38)39)5-9-25(19)34-10-12-42-13-11-34/h2-9,14-16H,10-13,17H2,1H3,(H,33,37)/b32-16-. The first-order valence-electron chi connectivity index (χ1n) is 12.7. The molecule has 0 saturated carbocycles. The number of aryl methyl sites for hydroxylation is 1. The van der Waals surface area contributed by atoms with Crippen LogP contribution in [-0.4, -0.2) is 58.3 Å². The zero-order valence-electron chi connectivity index (χ0n) is 22.5. The van der Waals surface area contributed by atoms with E-state index in [1.54, 1.807) is 13.0 Å². The van der Waals surface area contributed by atoms with E-state index in [0.717, 1.165) is 17.7 Å². The summed E-state index contributed by atoms with van der Waals surface area (Å²) in [4.78, 5) is 25.4. The summed E-state index contributed by atoms with van der Waals surface area (Å²) in [7, 11) is -4.54. The molecule has 0 aliphatic carbocycles. The third-order valence-electron chi connectivity index (χ3n) is 6.41. The SMILES string of the molecule is Cc1ccc(S(=O)(=O)N(CC(=O)N/N=C\c2cc([N+](=O)[O-])ccc2N2CCOCC2)c2ccc(Cl)c(C(F)(F)F)c2)cc1. The molecule has 3 aromatic rings. The Kier molecular flexibility index (Phi) is 9.57. The fraction of sp³-hybridized carbons (Fsp3) is 0.259. The lowest BCUT2D eigenvalue weighted by molar-refractivity contribution is -0.384. The number of hydrogen-bond donors (Lipinski definition) is 1. The molecule has 1 aliphatic heterocycles. The number of ether oxygens (including phenoxy) is 1. The minimum Gasteiger partial charge on any atom is -0.378 e. The minimum atomic E-state index is -4.89. The summed E-state index contributed by atoms with van der Waals surface area (Å²) in [5.41, 5.74) is 1.84. The maximum atomic E-state index is 13.6. The predicted octanol–water partition coefficient (Wildman–Crippen LogP) is 4.76. The molecule has 1 N–H and O–H groups in total. The molecular weight excluding hydrogens is 615 g/mol. The van der Waals surface area contributed by atoms with Crippen molar-refractivity contribution in [3.05, 3.63) is 92.5 Å². The van der Waals surface area contributed by atoms with Gasteiger partial charge in [-0.3, -0.25) is 19.2 Å². The molecule has 228 valence electrons. The summed E-state index contributed by atoms with van der Waals surface area (Å²) < 4.78 is 73.7. The Morgan fingerprint density at radius 3 is 2.44 bits per heavy atom. The molecule has 4 rings (SSSR count). The number of nitro benzene ring substituents is 1. The van der Waals surface area contributed by atoms with Crippen LogP contribution in [0.1, 0.15) is 16.7 Å². The molecule has 1 amide bonds. The first-order chi connectivity index (χ1) is 20.3. The van der Waals surface area contributed by atoms with Crippen molar-refractivity contribution >= 4 is 50.8 Å². The van der Waals surface area contributed by atoms with E-state index in [1.165, 1.54) is 42.6 Å². The van der Waals surface area contributed by atoms with Crippen LogP contribution in [0.25, 0.3) is 0 Å². The first kappa shape index (κ1) is 31.7. The van der Waals surface area contributed by atoms with E-state index >= 15 is 0 Å². The monoisotopic (exact) mass is 639 g/mol. The fourth-order valence-electron chi connectivity index (χ4n) is 4.23. The third kappa shape index (κ3) is 7.60. The molecule has 16 heteroatoms. The Balaban J connectivity index is 1.64. The number of hydrogen-bond acceptors (Lipinski definition) is 8. The Bertz CT molecular complexity index is 1650. The summed E-state index contributed by atoms with van der Waals surface area (Å²) in [6.07, 6.45) is -3.73. The number of rotatable bonds is 9. The van der Waals surface area contributed by atoms with Crippen molar-refractivity contribution in [3.8, 4) is 0 Å². The number of halogens is 4. The smallest absolute Gasteiger partial charge is 0.378 e. The highest BCUT2D eigenvalue weighted by Gasteiger charge is 2.35. The van der Waals surface area contributed by atoms with Crippen LogP contribution >= 0.6 is 11.6 Å². The molecule has 0 bridgehead atoms. The lowest BCUT2D eigenvalue weighted by Gasteiger charge is -2.29. The number of nitrogens with one attached hydrogen (secondary N) is 1. The molecule has 0 unspecified atom stereocenters. The maximum absolute atomic E-state index is 13.6. The number of nitro groups is 1. The van der Waals surface area contributed by atoms with E-state index in [0.29, 0.717) is 47.9 Å². The second-order valence-corrected chi connectivity index (χ2v) is 11.6. The van der Waals surface area contributed by atoms with Crippen molar-refractivity contribution in [2.45, 2.75) is 18.0 Å². The Labute approximate surface area is 249 Å². The van der Waals surface area contributed by atoms with Crippen molar-refractivity contribution in [2.75, 3.05) is 42.1 Å². The van der Waals surface area contributed by atoms with Gasteiger partial charge in [-0.15, -0.1) is 0 Å². The van der Waals surface area contributed by atoms with Crippen LogP contribution in [-0.2, 0) is 25.7 Å². The zero-order chi connectivity index (χ0) is 31.4. The number of carbonyl (C=O) groups excluding carboxylic acids is 1. The molecule has 0 atom stereocenters. The van der Waals surface area contributed by atoms with Gasteiger partial charge < -0.3 is 9.64 Å². The van der Waals surface area contributed by atoms with Gasteiger partial charge in [0.2, 0.25) is 0 Å². The summed E-state index contributed by atoms with van der Waals surface area (Å²) in [6.45, 7) is 2.68. The van der Waals surface area contributed by atoms with E-state index in [4.69, 9.17) is 16.3 Å². The number of nitrogens with zero attached hydrogens (tertiary/aromatic N) is 4. The summed E-state index contributed by atoms with van der Waals surface area (Å²) in [6, 6.07) is 12.2. The van der Waals surface area contributed by atoms with Crippen molar-refractivity contribution in [2.24, 2.45) is 5.10 Å². The van der Waals surface area contributed by atoms with E-state index in [-0.39, 0.29) is 10.6 Å². The quantitative estimate of drug-likeness (QED) is 0.203. The lowest BCUT2D eigenvalue weighted by atomic mass is 10.1. The number of anilines is 2. The minimum absolute atomic E-state index is 0.219. The Morgan fingerprint density at radius 1 is 1.14 bits per heavy atom. The van der Waals surface area contributed by atoms with E-state index in [9.17, 15) is 36.5 Å². The summed E-state index contributed by atoms with van der Waals surface area (Å²) >= 11 is 5.73. The largest absolute Gasteiger partial charge is 0.417 e. The van der Waals surface area contributed by atoms with E-state index < -0.39 is 49.8 Å². The second-order valence-electron chi connectivity index (χ2n) is 9.38. The number of non-ortho nitro benzene ring substituents is 1. The number of hydrazone groups is 1. The molecule has 1 saturated heterocycles. The van der Waals surface area contributed by atoms with Gasteiger partial charge in [-0.2, -0.15) is 18.3 Å². The van der Waals surface area contributed by atoms with Crippen LogP contribution in [0.2, 0.25) is 5.02 Å². The Hall–Kier alpha value is -4.21. The number of benzene rings is 3. The summed E-state index contributed by atoms with van der Waals surface area (Å²) in [5.74, 6) is -0.992. The maximum Gasteiger partial charge on any atom is 0.417 e. The molecule has 1 aliphatic rings. The second kappa shape index (κ2) is 13.0. The third-order valence-corrected chi connectivity index (χ3v) is 8.52. The number of carbonyl (C=O) groups is 1. The highest BCUT2D eigenvalue weighted by atomic mass is 35.5. The van der Waals surface area contributed by atoms with Gasteiger partial charge in [0, 0.05) is 36.5 Å². The average molecular weight is 640 g/mol. The van der Waals surface area contributed by atoms with Crippen LogP contribution < -0.4 is 14.6 Å². The van der Waals surface area contributed by atoms with Crippen molar-refractivity contribution < 1.29 is 36.0 Å². The lowest BCUT2D eigenvalue weighted by Crippen LogP contribution is -2.39. The molecule has 1 fully saturated rings. The first-order valence-corrected chi connectivity index (χ1v) is 14.5. The predicted molar refractivity (Wildman–Crippen MR) is 154 cm³/mol. The number of morpholine rings is 1. The van der Waals surface area contributed by atoms with Crippen LogP contribution in [0.3, 0.4) is 0 Å². The number of sulfonamides is 1. The zero-order valence-corrected chi connectivity index (χ0v) is 24.1. The summed E-state index contributed by atoms with van der Waals surface area (Å²) in [5, 5.41) is 14.5. The normalized spacial score (nSPS) is 14.1. The highest BCUT2D eigenvalue weighted by molar-refractivity contribution is 7.92. The van der Waals surface area contributed by atoms with E-state index in [1.807, 2.05) is 4.90 Å². The topological polar surface area (TPSA) is 134 Å². The molecule has 43 heavy (non-hydrogen) atoms.